The molecule has 208 valence electrons. The van der Waals surface area contributed by atoms with Crippen LogP contribution >= 0.6 is 11.6 Å². The van der Waals surface area contributed by atoms with E-state index in [1.807, 2.05) is 12.1 Å². The molecule has 0 fully saturated rings. The molecule has 1 amide bonds. The SMILES string of the molecule is COc1ccc(C(=O)/C=C/c2cccc(OCc3cn(CC(O)CN4C(=O)C(=O)c5cc(Cl)ccc54)nn3)c2)cc1. The number of allylic oxidation sites excluding steroid dienone is 1. The van der Waals surface area contributed by atoms with Gasteiger partial charge in [-0.3, -0.25) is 14.4 Å². The van der Waals surface area contributed by atoms with Crippen LogP contribution < -0.4 is 14.4 Å². The number of ketones is 2. The van der Waals surface area contributed by atoms with Gasteiger partial charge in [0.25, 0.3) is 11.7 Å². The number of methoxy groups -OCH3 is 1. The molecule has 5 rings (SSSR count). The molecule has 3 aromatic carbocycles. The molecule has 1 N–H and O–H groups in total. The fourth-order valence-corrected chi connectivity index (χ4v) is 4.49. The summed E-state index contributed by atoms with van der Waals surface area (Å²) in [5.41, 5.74) is 2.50. The minimum atomic E-state index is -1.01. The topological polar surface area (TPSA) is 124 Å². The number of rotatable bonds is 11. The van der Waals surface area contributed by atoms with E-state index in [0.29, 0.717) is 33.5 Å². The molecule has 1 aliphatic heterocycles. The van der Waals surface area contributed by atoms with Gasteiger partial charge in [-0.15, -0.1) is 5.10 Å². The molecule has 1 aliphatic rings. The zero-order chi connectivity index (χ0) is 28.9. The molecule has 0 spiro atoms. The van der Waals surface area contributed by atoms with Crippen molar-refractivity contribution in [3.63, 3.8) is 0 Å². The summed E-state index contributed by atoms with van der Waals surface area (Å²) in [7, 11) is 1.57. The zero-order valence-corrected chi connectivity index (χ0v) is 22.7. The van der Waals surface area contributed by atoms with Gasteiger partial charge in [0.15, 0.2) is 5.78 Å². The Morgan fingerprint density at radius 1 is 1.05 bits per heavy atom. The van der Waals surface area contributed by atoms with E-state index in [-0.39, 0.29) is 31.0 Å². The molecule has 1 atom stereocenters. The van der Waals surface area contributed by atoms with Gasteiger partial charge in [0.1, 0.15) is 23.8 Å². The lowest BCUT2D eigenvalue weighted by Crippen LogP contribution is -2.38. The lowest BCUT2D eigenvalue weighted by Gasteiger charge is -2.20. The molecular weight excluding hydrogens is 548 g/mol. The lowest BCUT2D eigenvalue weighted by molar-refractivity contribution is -0.114. The highest BCUT2D eigenvalue weighted by Gasteiger charge is 2.36. The number of aliphatic hydroxyl groups is 1. The monoisotopic (exact) mass is 572 g/mol. The summed E-state index contributed by atoms with van der Waals surface area (Å²) in [5.74, 6) is -0.240. The van der Waals surface area contributed by atoms with Gasteiger partial charge in [0, 0.05) is 10.6 Å². The first-order chi connectivity index (χ1) is 19.8. The predicted octanol–water partition coefficient (Wildman–Crippen LogP) is 4.01. The van der Waals surface area contributed by atoms with Crippen LogP contribution in [0.5, 0.6) is 11.5 Å². The third kappa shape index (κ3) is 6.51. The quantitative estimate of drug-likeness (QED) is 0.162. The third-order valence-corrected chi connectivity index (χ3v) is 6.59. The van der Waals surface area contributed by atoms with Gasteiger partial charge in [-0.1, -0.05) is 35.0 Å². The van der Waals surface area contributed by atoms with Gasteiger partial charge in [0.05, 0.1) is 43.8 Å². The Balaban J connectivity index is 1.14. The van der Waals surface area contributed by atoms with Crippen LogP contribution in [0.25, 0.3) is 6.08 Å². The molecule has 10 nitrogen and oxygen atoms in total. The van der Waals surface area contributed by atoms with Crippen LogP contribution in [-0.4, -0.2) is 57.3 Å². The summed E-state index contributed by atoms with van der Waals surface area (Å²) in [4.78, 5) is 38.4. The zero-order valence-electron chi connectivity index (χ0n) is 21.9. The highest BCUT2D eigenvalue weighted by molar-refractivity contribution is 6.52. The van der Waals surface area contributed by atoms with Gasteiger partial charge >= 0.3 is 0 Å². The number of hydrogen-bond acceptors (Lipinski definition) is 8. The van der Waals surface area contributed by atoms with Crippen molar-refractivity contribution in [1.82, 2.24) is 15.0 Å². The van der Waals surface area contributed by atoms with E-state index >= 15 is 0 Å². The smallest absolute Gasteiger partial charge is 0.299 e. The first kappa shape index (κ1) is 27.8. The average Bonchev–Trinajstić information content (AvgIpc) is 3.52. The van der Waals surface area contributed by atoms with E-state index in [0.717, 1.165) is 5.56 Å². The van der Waals surface area contributed by atoms with Crippen molar-refractivity contribution in [1.29, 1.82) is 0 Å². The number of β-amino-alcohol motifs (C(OH)–C–C–N with tert-alkyl or cyclic N) is 1. The second kappa shape index (κ2) is 12.2. The number of halogens is 1. The highest BCUT2D eigenvalue weighted by atomic mass is 35.5. The summed E-state index contributed by atoms with van der Waals surface area (Å²) in [6, 6.07) is 18.8. The fraction of sp³-hybridized carbons (Fsp3) is 0.167. The Bertz CT molecular complexity index is 1630. The molecule has 1 aromatic heterocycles. The van der Waals surface area contributed by atoms with Gasteiger partial charge in [0.2, 0.25) is 0 Å². The Hall–Kier alpha value is -4.80. The minimum absolute atomic E-state index is 0.0520. The van der Waals surface area contributed by atoms with Crippen molar-refractivity contribution < 1.29 is 29.0 Å². The maximum absolute atomic E-state index is 12.5. The van der Waals surface area contributed by atoms with E-state index in [1.54, 1.807) is 67.9 Å². The molecule has 4 aromatic rings. The van der Waals surface area contributed by atoms with Gasteiger partial charge in [-0.2, -0.15) is 0 Å². The number of hydrogen-bond donors (Lipinski definition) is 1. The number of amides is 1. The second-order valence-corrected chi connectivity index (χ2v) is 9.72. The van der Waals surface area contributed by atoms with Crippen molar-refractivity contribution in [2.24, 2.45) is 0 Å². The number of nitrogens with zero attached hydrogens (tertiary/aromatic N) is 4. The van der Waals surface area contributed by atoms with E-state index in [1.165, 1.54) is 21.7 Å². The summed E-state index contributed by atoms with van der Waals surface area (Å²) >= 11 is 5.95. The standard InChI is InChI=1S/C30H25ClN4O6/c1-40-24-9-6-20(7-10-24)28(37)12-5-19-3-2-4-25(13-19)41-18-22-15-34(33-32-22)16-23(36)17-35-27-11-8-21(31)14-26(27)29(38)30(35)39/h2-15,23,36H,16-18H2,1H3/b12-5+. The molecule has 0 aliphatic carbocycles. The normalized spacial score (nSPS) is 13.5. The number of Topliss-reactive ketones (excluding diaryl/α,β-unsaturated/α-hetero) is 1. The van der Waals surface area contributed by atoms with E-state index in [9.17, 15) is 19.5 Å². The minimum Gasteiger partial charge on any atom is -0.497 e. The number of fused-ring (bicyclic) bond motifs is 1. The van der Waals surface area contributed by atoms with Crippen molar-refractivity contribution in [2.75, 3.05) is 18.6 Å². The predicted molar refractivity (Wildman–Crippen MR) is 151 cm³/mol. The molecule has 1 unspecified atom stereocenters. The third-order valence-electron chi connectivity index (χ3n) is 6.36. The summed E-state index contributed by atoms with van der Waals surface area (Å²) in [6.45, 7) is 0.0872. The van der Waals surface area contributed by atoms with Gasteiger partial charge in [-0.05, 0) is 66.2 Å². The van der Waals surface area contributed by atoms with Crippen LogP contribution in [-0.2, 0) is 17.9 Å². The highest BCUT2D eigenvalue weighted by Crippen LogP contribution is 2.31. The van der Waals surface area contributed by atoms with Crippen molar-refractivity contribution in [3.8, 4) is 11.5 Å². The van der Waals surface area contributed by atoms with E-state index in [2.05, 4.69) is 10.3 Å². The maximum Gasteiger partial charge on any atom is 0.299 e. The Morgan fingerprint density at radius 2 is 1.85 bits per heavy atom. The number of anilines is 1. The number of ether oxygens (including phenoxy) is 2. The van der Waals surface area contributed by atoms with Gasteiger partial charge < -0.3 is 19.5 Å². The molecule has 0 bridgehead atoms. The van der Waals surface area contributed by atoms with Crippen molar-refractivity contribution >= 4 is 40.8 Å². The summed E-state index contributed by atoms with van der Waals surface area (Å²) < 4.78 is 12.4. The van der Waals surface area contributed by atoms with Crippen LogP contribution in [0.15, 0.2) is 79.0 Å². The molecule has 41 heavy (non-hydrogen) atoms. The van der Waals surface area contributed by atoms with Gasteiger partial charge in [-0.25, -0.2) is 4.68 Å². The molecule has 0 saturated heterocycles. The number of aromatic nitrogens is 3. The van der Waals surface area contributed by atoms with Crippen molar-refractivity contribution in [2.45, 2.75) is 19.3 Å². The number of benzene rings is 3. The van der Waals surface area contributed by atoms with Crippen LogP contribution in [0.1, 0.15) is 32.0 Å². The molecule has 11 heteroatoms. The first-order valence-corrected chi connectivity index (χ1v) is 13.0. The van der Waals surface area contributed by atoms with E-state index in [4.69, 9.17) is 21.1 Å². The lowest BCUT2D eigenvalue weighted by atomic mass is 10.1. The van der Waals surface area contributed by atoms with E-state index < -0.39 is 17.8 Å². The number of carbonyl (C=O) groups excluding carboxylic acids is 3. The van der Waals surface area contributed by atoms with Crippen molar-refractivity contribution in [3.05, 3.63) is 106 Å². The Labute approximate surface area is 240 Å². The molecule has 0 radical (unpaired) electrons. The molecule has 2 heterocycles. The second-order valence-electron chi connectivity index (χ2n) is 9.28. The number of carbonyl (C=O) groups is 3. The molecular formula is C30H25ClN4O6. The largest absolute Gasteiger partial charge is 0.497 e. The first-order valence-electron chi connectivity index (χ1n) is 12.6. The summed E-state index contributed by atoms with van der Waals surface area (Å²) in [5, 5.41) is 19.0. The fourth-order valence-electron chi connectivity index (χ4n) is 4.32. The van der Waals surface area contributed by atoms with Crippen LogP contribution in [0.3, 0.4) is 0 Å². The van der Waals surface area contributed by atoms with Crippen LogP contribution in [0.2, 0.25) is 5.02 Å². The average molecular weight is 573 g/mol. The maximum atomic E-state index is 12.5. The number of aliphatic hydroxyl groups excluding tert-OH is 1. The Kier molecular flexibility index (Phi) is 8.23. The van der Waals surface area contributed by atoms with Crippen LogP contribution in [0.4, 0.5) is 5.69 Å². The Morgan fingerprint density at radius 3 is 2.63 bits per heavy atom. The van der Waals surface area contributed by atoms with Crippen LogP contribution in [0, 0.1) is 0 Å². The molecule has 0 saturated carbocycles. The summed E-state index contributed by atoms with van der Waals surface area (Å²) in [6.07, 6.45) is 3.83.